The van der Waals surface area contributed by atoms with E-state index in [1.165, 1.54) is 7.11 Å². The van der Waals surface area contributed by atoms with Crippen LogP contribution in [0.5, 0.6) is 5.75 Å². The fraction of sp³-hybridized carbons (Fsp3) is 0.280. The first kappa shape index (κ1) is 25.4. The first-order chi connectivity index (χ1) is 18.2. The number of methoxy groups -OCH3 is 1. The molecule has 0 spiro atoms. The maximum Gasteiger partial charge on any atom is 0.229 e. The van der Waals surface area contributed by atoms with Gasteiger partial charge < -0.3 is 15.0 Å². The van der Waals surface area contributed by atoms with Crippen LogP contribution >= 0.6 is 0 Å². The smallest absolute Gasteiger partial charge is 0.229 e. The molecule has 5 rings (SSSR count). The second-order valence-electron chi connectivity index (χ2n) is 9.14. The Kier molecular flexibility index (Phi) is 6.87. The lowest BCUT2D eigenvalue weighted by Gasteiger charge is -2.12. The second kappa shape index (κ2) is 10.3. The number of rotatable bonds is 10. The topological polar surface area (TPSA) is 132 Å². The van der Waals surface area contributed by atoms with E-state index in [0.717, 1.165) is 42.2 Å². The lowest BCUT2D eigenvalue weighted by atomic mass is 10.2. The molecule has 0 aliphatic carbocycles. The first-order valence-electron chi connectivity index (χ1n) is 12.0. The summed E-state index contributed by atoms with van der Waals surface area (Å²) in [5, 5.41) is 13.5. The zero-order chi connectivity index (χ0) is 26.9. The average molecular weight is 536 g/mol. The minimum Gasteiger partial charge on any atom is -0.494 e. The maximum atomic E-state index is 11.7. The van der Waals surface area contributed by atoms with Crippen molar-refractivity contribution >= 4 is 38.1 Å². The summed E-state index contributed by atoms with van der Waals surface area (Å²) in [4.78, 5) is 11.3. The largest absolute Gasteiger partial charge is 0.494 e. The Bertz CT molecular complexity index is 1710. The standard InChI is InChI=1S/C25H29N9O3S/c1-32(2)11-5-9-26-24-19-15-28-20(18-16-29-33-12-6-10-27-25(18)33)14-22(19)34(30-24)21-8-7-17(13-23(21)37-3)31-38(4,35)36/h6-8,10,12-16,31H,5,9,11H2,1-4H3,(H,26,30). The fourth-order valence-corrected chi connectivity index (χ4v) is 4.77. The summed E-state index contributed by atoms with van der Waals surface area (Å²) >= 11 is 0. The Balaban J connectivity index is 1.62. The zero-order valence-electron chi connectivity index (χ0n) is 21.6. The van der Waals surface area contributed by atoms with Crippen LogP contribution in [0.1, 0.15) is 6.42 Å². The van der Waals surface area contributed by atoms with Gasteiger partial charge in [-0.15, -0.1) is 5.10 Å². The van der Waals surface area contributed by atoms with E-state index in [1.54, 1.807) is 46.0 Å². The third kappa shape index (κ3) is 5.24. The van der Waals surface area contributed by atoms with E-state index in [1.807, 2.05) is 32.4 Å². The van der Waals surface area contributed by atoms with E-state index in [-0.39, 0.29) is 0 Å². The molecule has 198 valence electrons. The van der Waals surface area contributed by atoms with Crippen molar-refractivity contribution in [2.45, 2.75) is 6.42 Å². The van der Waals surface area contributed by atoms with Crippen LogP contribution in [0.25, 0.3) is 33.5 Å². The second-order valence-corrected chi connectivity index (χ2v) is 10.9. The van der Waals surface area contributed by atoms with Gasteiger partial charge in [-0.05, 0) is 51.3 Å². The van der Waals surface area contributed by atoms with Crippen molar-refractivity contribution in [1.82, 2.24) is 34.3 Å². The molecule has 0 fully saturated rings. The van der Waals surface area contributed by atoms with Gasteiger partial charge in [-0.25, -0.2) is 22.6 Å². The van der Waals surface area contributed by atoms with E-state index in [0.29, 0.717) is 34.3 Å². The normalized spacial score (nSPS) is 11.9. The third-order valence-corrected chi connectivity index (χ3v) is 6.51. The molecule has 2 N–H and O–H groups in total. The van der Waals surface area contributed by atoms with Gasteiger partial charge >= 0.3 is 0 Å². The molecule has 12 nitrogen and oxygen atoms in total. The van der Waals surface area contributed by atoms with Crippen LogP contribution in [-0.2, 0) is 10.0 Å². The molecule has 0 radical (unpaired) electrons. The molecule has 4 heterocycles. The van der Waals surface area contributed by atoms with Crippen LogP contribution < -0.4 is 14.8 Å². The zero-order valence-corrected chi connectivity index (χ0v) is 22.4. The van der Waals surface area contributed by atoms with Gasteiger partial charge in [-0.3, -0.25) is 9.71 Å². The summed E-state index contributed by atoms with van der Waals surface area (Å²) < 4.78 is 35.1. The van der Waals surface area contributed by atoms with Crippen molar-refractivity contribution in [2.24, 2.45) is 0 Å². The molecule has 0 aliphatic heterocycles. The highest BCUT2D eigenvalue weighted by Crippen LogP contribution is 2.34. The van der Waals surface area contributed by atoms with Crippen molar-refractivity contribution in [3.8, 4) is 22.7 Å². The van der Waals surface area contributed by atoms with E-state index >= 15 is 0 Å². The average Bonchev–Trinajstić information content (AvgIpc) is 3.47. The van der Waals surface area contributed by atoms with Crippen molar-refractivity contribution in [3.05, 3.63) is 55.1 Å². The Morgan fingerprint density at radius 2 is 1.97 bits per heavy atom. The Morgan fingerprint density at radius 1 is 1.13 bits per heavy atom. The number of benzene rings is 1. The molecule has 0 atom stereocenters. The number of nitrogens with zero attached hydrogens (tertiary/aromatic N) is 7. The molecule has 0 amide bonds. The summed E-state index contributed by atoms with van der Waals surface area (Å²) in [5.41, 5.74) is 4.02. The predicted octanol–water partition coefficient (Wildman–Crippen LogP) is 2.87. The quantitative estimate of drug-likeness (QED) is 0.259. The molecule has 0 aliphatic rings. The first-order valence-corrected chi connectivity index (χ1v) is 13.8. The molecule has 0 saturated heterocycles. The van der Waals surface area contributed by atoms with Gasteiger partial charge in [0.1, 0.15) is 11.4 Å². The van der Waals surface area contributed by atoms with Crippen molar-refractivity contribution in [1.29, 1.82) is 0 Å². The highest BCUT2D eigenvalue weighted by atomic mass is 32.2. The molecule has 4 aromatic heterocycles. The van der Waals surface area contributed by atoms with Crippen LogP contribution in [-0.4, -0.2) is 83.2 Å². The molecular formula is C25H29N9O3S. The van der Waals surface area contributed by atoms with Crippen LogP contribution in [0.2, 0.25) is 0 Å². The summed E-state index contributed by atoms with van der Waals surface area (Å²) in [5.74, 6) is 1.15. The van der Waals surface area contributed by atoms with Gasteiger partial charge in [0.2, 0.25) is 10.0 Å². The minimum absolute atomic E-state index is 0.395. The van der Waals surface area contributed by atoms with Gasteiger partial charge in [0.25, 0.3) is 0 Å². The number of hydrogen-bond acceptors (Lipinski definition) is 9. The number of pyridine rings is 1. The van der Waals surface area contributed by atoms with E-state index in [2.05, 4.69) is 25.0 Å². The molecule has 1 aromatic carbocycles. The predicted molar refractivity (Wildman–Crippen MR) is 148 cm³/mol. The van der Waals surface area contributed by atoms with Crippen molar-refractivity contribution in [2.75, 3.05) is 50.6 Å². The molecule has 0 saturated carbocycles. The summed E-state index contributed by atoms with van der Waals surface area (Å²) in [7, 11) is 2.18. The Morgan fingerprint density at radius 3 is 2.74 bits per heavy atom. The lowest BCUT2D eigenvalue weighted by molar-refractivity contribution is 0.405. The van der Waals surface area contributed by atoms with Crippen LogP contribution in [0.15, 0.2) is 55.1 Å². The number of sulfonamides is 1. The van der Waals surface area contributed by atoms with Crippen molar-refractivity contribution < 1.29 is 13.2 Å². The molecular weight excluding hydrogens is 506 g/mol. The Labute approximate surface area is 220 Å². The van der Waals surface area contributed by atoms with Gasteiger partial charge in [0.15, 0.2) is 11.5 Å². The highest BCUT2D eigenvalue weighted by molar-refractivity contribution is 7.92. The van der Waals surface area contributed by atoms with Gasteiger partial charge in [-0.2, -0.15) is 5.10 Å². The molecule has 13 heteroatoms. The summed E-state index contributed by atoms with van der Waals surface area (Å²) in [6.07, 6.45) is 9.13. The van der Waals surface area contributed by atoms with Crippen LogP contribution in [0.3, 0.4) is 0 Å². The lowest BCUT2D eigenvalue weighted by Crippen LogP contribution is -2.16. The van der Waals surface area contributed by atoms with Crippen LogP contribution in [0, 0.1) is 0 Å². The van der Waals surface area contributed by atoms with Gasteiger partial charge in [0.05, 0.1) is 47.4 Å². The molecule has 38 heavy (non-hydrogen) atoms. The van der Waals surface area contributed by atoms with E-state index in [9.17, 15) is 8.42 Å². The summed E-state index contributed by atoms with van der Waals surface area (Å²) in [6.45, 7) is 1.68. The van der Waals surface area contributed by atoms with Gasteiger partial charge in [0, 0.05) is 31.2 Å². The van der Waals surface area contributed by atoms with Gasteiger partial charge in [-0.1, -0.05) is 0 Å². The number of ether oxygens (including phenoxy) is 1. The molecule has 0 unspecified atom stereocenters. The van der Waals surface area contributed by atoms with E-state index < -0.39 is 10.0 Å². The maximum absolute atomic E-state index is 11.7. The molecule has 0 bridgehead atoms. The highest BCUT2D eigenvalue weighted by Gasteiger charge is 2.19. The van der Waals surface area contributed by atoms with Crippen molar-refractivity contribution in [3.63, 3.8) is 0 Å². The number of anilines is 2. The monoisotopic (exact) mass is 535 g/mol. The third-order valence-electron chi connectivity index (χ3n) is 5.91. The minimum atomic E-state index is -3.44. The number of hydrogen-bond donors (Lipinski definition) is 2. The fourth-order valence-electron chi connectivity index (χ4n) is 4.21. The number of aromatic nitrogens is 6. The van der Waals surface area contributed by atoms with Crippen LogP contribution in [0.4, 0.5) is 11.5 Å². The van der Waals surface area contributed by atoms with E-state index in [4.69, 9.17) is 14.8 Å². The number of fused-ring (bicyclic) bond motifs is 2. The summed E-state index contributed by atoms with van der Waals surface area (Å²) in [6, 6.07) is 8.84. The number of nitrogens with one attached hydrogen (secondary N) is 2. The Hall–Kier alpha value is -4.23. The SMILES string of the molecule is COc1cc(NS(C)(=O)=O)ccc1-n1nc(NCCCN(C)C)c2cnc(-c3cnn4cccnc34)cc21. The molecule has 5 aromatic rings.